The molecule has 32 heavy (non-hydrogen) atoms. The Morgan fingerprint density at radius 1 is 1.16 bits per heavy atom. The molecule has 1 saturated heterocycles. The predicted octanol–water partition coefficient (Wildman–Crippen LogP) is 5.18. The minimum absolute atomic E-state index is 0.0286. The predicted molar refractivity (Wildman–Crippen MR) is 126 cm³/mol. The monoisotopic (exact) mass is 432 g/mol. The largest absolute Gasteiger partial charge is 0.489 e. The smallest absolute Gasteiger partial charge is 0.132 e. The Kier molecular flexibility index (Phi) is 5.70. The normalized spacial score (nSPS) is 19.5. The summed E-state index contributed by atoms with van der Waals surface area (Å²) in [6, 6.07) is 14.7. The van der Waals surface area contributed by atoms with Crippen molar-refractivity contribution in [3.8, 4) is 11.4 Å². The molecule has 5 nitrogen and oxygen atoms in total. The quantitative estimate of drug-likeness (QED) is 0.457. The zero-order chi connectivity index (χ0) is 22.1. The van der Waals surface area contributed by atoms with Crippen LogP contribution < -0.4 is 4.74 Å². The fraction of sp³-hybridized carbons (Fsp3) is 0.346. The molecule has 0 bridgehead atoms. The highest BCUT2D eigenvalue weighted by atomic mass is 19.1. The van der Waals surface area contributed by atoms with Crippen LogP contribution in [0, 0.1) is 13.8 Å². The van der Waals surface area contributed by atoms with Gasteiger partial charge in [-0.2, -0.15) is 5.10 Å². The first kappa shape index (κ1) is 20.8. The van der Waals surface area contributed by atoms with Crippen LogP contribution >= 0.6 is 0 Å². The van der Waals surface area contributed by atoms with Crippen molar-refractivity contribution in [2.45, 2.75) is 32.3 Å². The fourth-order valence-corrected chi connectivity index (χ4v) is 4.95. The number of hydrogen-bond donors (Lipinski definition) is 1. The second kappa shape index (κ2) is 8.79. The maximum Gasteiger partial charge on any atom is 0.132 e. The van der Waals surface area contributed by atoms with E-state index in [1.54, 1.807) is 6.20 Å². The van der Waals surface area contributed by atoms with Crippen molar-refractivity contribution >= 4 is 10.9 Å². The lowest BCUT2D eigenvalue weighted by Gasteiger charge is -2.39. The van der Waals surface area contributed by atoms with Gasteiger partial charge in [-0.3, -0.25) is 4.90 Å². The van der Waals surface area contributed by atoms with Crippen molar-refractivity contribution in [2.75, 3.05) is 26.3 Å². The number of fused-ring (bicyclic) bond motifs is 1. The molecule has 0 aliphatic carbocycles. The van der Waals surface area contributed by atoms with Crippen LogP contribution in [0.15, 0.2) is 61.1 Å². The number of benzene rings is 2. The highest BCUT2D eigenvalue weighted by Crippen LogP contribution is 2.37. The number of nitrogens with one attached hydrogen (secondary N) is 1. The molecule has 3 heterocycles. The first-order chi connectivity index (χ1) is 15.6. The molecule has 6 heteroatoms. The molecule has 166 valence electrons. The lowest BCUT2D eigenvalue weighted by Crippen LogP contribution is -2.45. The number of ether oxygens (including phenoxy) is 1. The summed E-state index contributed by atoms with van der Waals surface area (Å²) in [6.07, 6.45) is 6.58. The third-order valence-corrected chi connectivity index (χ3v) is 6.57. The Morgan fingerprint density at radius 2 is 2.00 bits per heavy atom. The average Bonchev–Trinajstić information content (AvgIpc) is 3.50. The Hall–Kier alpha value is -3.12. The van der Waals surface area contributed by atoms with Gasteiger partial charge in [0.15, 0.2) is 0 Å². The summed E-state index contributed by atoms with van der Waals surface area (Å²) in [5.41, 5.74) is 5.73. The Balaban J connectivity index is 1.46. The number of piperidine rings is 1. The molecule has 1 aliphatic rings. The van der Waals surface area contributed by atoms with Crippen molar-refractivity contribution in [2.24, 2.45) is 0 Å². The zero-order valence-electron chi connectivity index (χ0n) is 18.6. The minimum atomic E-state index is -0.322. The number of rotatable bonds is 6. The van der Waals surface area contributed by atoms with Crippen molar-refractivity contribution < 1.29 is 9.13 Å². The van der Waals surface area contributed by atoms with Crippen molar-refractivity contribution in [3.05, 3.63) is 77.7 Å². The standard InChI is InChI=1S/C26H29FN4O/c1-18-16-19(2)26(22-8-12-28-25(18)22)32-24-9-14-30(15-10-27)17-23(24)20-4-6-21(7-5-20)31-13-3-11-29-31/h3-8,11-13,16,23-24,28H,9-10,14-15,17H2,1-2H3/t23-,24+/m0/s1. The molecular weight excluding hydrogens is 403 g/mol. The van der Waals surface area contributed by atoms with Gasteiger partial charge in [-0.1, -0.05) is 18.2 Å². The molecule has 2 aromatic carbocycles. The molecule has 0 spiro atoms. The van der Waals surface area contributed by atoms with Gasteiger partial charge in [-0.05, 0) is 61.2 Å². The Labute approximate surface area is 187 Å². The third kappa shape index (κ3) is 3.91. The first-order valence-electron chi connectivity index (χ1n) is 11.3. The SMILES string of the molecule is Cc1cc(C)c2[nH]ccc2c1O[C@@H]1CCN(CCF)C[C@H]1c1ccc(-n2cccn2)cc1. The number of halogens is 1. The van der Waals surface area contributed by atoms with Gasteiger partial charge in [-0.15, -0.1) is 0 Å². The number of aromatic amines is 1. The summed E-state index contributed by atoms with van der Waals surface area (Å²) in [7, 11) is 0. The van der Waals surface area contributed by atoms with Gasteiger partial charge in [0.1, 0.15) is 18.5 Å². The topological polar surface area (TPSA) is 46.1 Å². The maximum absolute atomic E-state index is 13.1. The van der Waals surface area contributed by atoms with Crippen LogP contribution in [0.4, 0.5) is 4.39 Å². The van der Waals surface area contributed by atoms with E-state index >= 15 is 0 Å². The number of H-pyrrole nitrogens is 1. The number of aromatic nitrogens is 3. The first-order valence-corrected chi connectivity index (χ1v) is 11.3. The van der Waals surface area contributed by atoms with Gasteiger partial charge in [0.05, 0.1) is 11.2 Å². The maximum atomic E-state index is 13.1. The molecule has 0 unspecified atom stereocenters. The molecule has 1 fully saturated rings. The lowest BCUT2D eigenvalue weighted by atomic mass is 9.87. The number of likely N-dealkylation sites (tertiary alicyclic amines) is 1. The van der Waals surface area contributed by atoms with Crippen LogP contribution in [0.2, 0.25) is 0 Å². The summed E-state index contributed by atoms with van der Waals surface area (Å²) in [5, 5.41) is 5.44. The molecule has 0 saturated carbocycles. The zero-order valence-corrected chi connectivity index (χ0v) is 18.6. The average molecular weight is 433 g/mol. The molecule has 2 aromatic heterocycles. The van der Waals surface area contributed by atoms with Crippen molar-refractivity contribution in [3.63, 3.8) is 0 Å². The van der Waals surface area contributed by atoms with Gasteiger partial charge in [0.2, 0.25) is 0 Å². The van der Waals surface area contributed by atoms with Crippen LogP contribution in [-0.4, -0.2) is 52.1 Å². The second-order valence-electron chi connectivity index (χ2n) is 8.69. The van der Waals surface area contributed by atoms with E-state index in [9.17, 15) is 4.39 Å². The minimum Gasteiger partial charge on any atom is -0.489 e. The summed E-state index contributed by atoms with van der Waals surface area (Å²) < 4.78 is 21.7. The van der Waals surface area contributed by atoms with Crippen molar-refractivity contribution in [1.29, 1.82) is 0 Å². The molecule has 4 aromatic rings. The highest BCUT2D eigenvalue weighted by molar-refractivity contribution is 5.89. The van der Waals surface area contributed by atoms with Crippen LogP contribution in [-0.2, 0) is 0 Å². The van der Waals surface area contributed by atoms with E-state index in [0.717, 1.165) is 47.4 Å². The van der Waals surface area contributed by atoms with E-state index in [-0.39, 0.29) is 18.7 Å². The lowest BCUT2D eigenvalue weighted by molar-refractivity contribution is 0.0752. The van der Waals surface area contributed by atoms with Gasteiger partial charge < -0.3 is 9.72 Å². The van der Waals surface area contributed by atoms with Crippen LogP contribution in [0.25, 0.3) is 16.6 Å². The Morgan fingerprint density at radius 3 is 2.75 bits per heavy atom. The summed E-state index contributed by atoms with van der Waals surface area (Å²) >= 11 is 0. The number of aryl methyl sites for hydroxylation is 2. The number of alkyl halides is 1. The third-order valence-electron chi connectivity index (χ3n) is 6.57. The molecule has 2 atom stereocenters. The van der Waals surface area contributed by atoms with E-state index in [1.807, 2.05) is 23.1 Å². The summed E-state index contributed by atoms with van der Waals surface area (Å²) in [5.74, 6) is 1.12. The van der Waals surface area contributed by atoms with E-state index in [2.05, 4.69) is 65.2 Å². The molecule has 0 amide bonds. The van der Waals surface area contributed by atoms with Crippen LogP contribution in [0.3, 0.4) is 0 Å². The van der Waals surface area contributed by atoms with E-state index in [4.69, 9.17) is 4.74 Å². The highest BCUT2D eigenvalue weighted by Gasteiger charge is 2.32. The van der Waals surface area contributed by atoms with Crippen LogP contribution in [0.1, 0.15) is 29.0 Å². The van der Waals surface area contributed by atoms with E-state index in [1.165, 1.54) is 11.1 Å². The summed E-state index contributed by atoms with van der Waals surface area (Å²) in [4.78, 5) is 5.55. The van der Waals surface area contributed by atoms with E-state index in [0.29, 0.717) is 6.54 Å². The van der Waals surface area contributed by atoms with Gasteiger partial charge in [0, 0.05) is 49.5 Å². The molecule has 1 aliphatic heterocycles. The molecule has 1 N–H and O–H groups in total. The molecular formula is C26H29FN4O. The summed E-state index contributed by atoms with van der Waals surface area (Å²) in [6.45, 7) is 6.02. The number of hydrogen-bond acceptors (Lipinski definition) is 3. The molecule has 5 rings (SSSR count). The van der Waals surface area contributed by atoms with Gasteiger partial charge >= 0.3 is 0 Å². The fourth-order valence-electron chi connectivity index (χ4n) is 4.95. The van der Waals surface area contributed by atoms with Gasteiger partial charge in [0.25, 0.3) is 0 Å². The number of nitrogens with zero attached hydrogens (tertiary/aromatic N) is 3. The second-order valence-corrected chi connectivity index (χ2v) is 8.69. The van der Waals surface area contributed by atoms with Crippen LogP contribution in [0.5, 0.6) is 5.75 Å². The van der Waals surface area contributed by atoms with Gasteiger partial charge in [-0.25, -0.2) is 9.07 Å². The molecule has 0 radical (unpaired) electrons. The van der Waals surface area contributed by atoms with E-state index < -0.39 is 0 Å². The van der Waals surface area contributed by atoms with Crippen molar-refractivity contribution in [1.82, 2.24) is 19.7 Å². The Bertz CT molecular complexity index is 1180.